The molecule has 0 rings (SSSR count). The van der Waals surface area contributed by atoms with Crippen molar-refractivity contribution in [2.45, 2.75) is 0 Å². The lowest BCUT2D eigenvalue weighted by molar-refractivity contribution is 0.851. The highest BCUT2D eigenvalue weighted by Crippen LogP contribution is 2.36. The predicted octanol–water partition coefficient (Wildman–Crippen LogP) is 0.117. The van der Waals surface area contributed by atoms with Crippen LogP contribution in [0.15, 0.2) is 0 Å². The van der Waals surface area contributed by atoms with Crippen molar-refractivity contribution in [3.8, 4) is 0 Å². The van der Waals surface area contributed by atoms with E-state index in [0.29, 0.717) is 0 Å². The van der Waals surface area contributed by atoms with E-state index in [2.05, 4.69) is 12.2 Å². The fraction of sp³-hybridized carbons (Fsp3) is 0. The van der Waals surface area contributed by atoms with Crippen LogP contribution in [0, 0.1) is 5.16 Å². The summed E-state index contributed by atoms with van der Waals surface area (Å²) >= 11 is 4.13. The number of thiocarbonyl (C=S) groups is 1. The first-order chi connectivity index (χ1) is 2.94. The molecular weight excluding hydrogens is 130 g/mol. The molecule has 1 nitrogen and oxygen atoms in total. The van der Waals surface area contributed by atoms with Crippen LogP contribution in [0.5, 0.6) is 0 Å². The number of halogens is 1. The van der Waals surface area contributed by atoms with Gasteiger partial charge in [-0.2, -0.15) is 4.39 Å². The van der Waals surface area contributed by atoms with Gasteiger partial charge in [-0.1, -0.05) is 0 Å². The fourth-order valence-corrected chi connectivity index (χ4v) is 0. The molecule has 0 radical (unpaired) electrons. The van der Waals surface area contributed by atoms with Crippen LogP contribution in [0.2, 0.25) is 0 Å². The summed E-state index contributed by atoms with van der Waals surface area (Å²) in [6.45, 7) is -2.17. The van der Waals surface area contributed by atoms with Crippen molar-refractivity contribution in [1.29, 1.82) is 5.16 Å². The van der Waals surface area contributed by atoms with E-state index in [1.807, 2.05) is 0 Å². The van der Waals surface area contributed by atoms with E-state index in [4.69, 9.17) is 5.16 Å². The zero-order valence-electron chi connectivity index (χ0n) is 4.23. The topological polar surface area (TPSA) is 23.9 Å². The maximum atomic E-state index is 11.8. The summed E-state index contributed by atoms with van der Waals surface area (Å²) in [5.41, 5.74) is 0. The van der Waals surface area contributed by atoms with E-state index in [-0.39, 0.29) is 0 Å². The van der Waals surface area contributed by atoms with Crippen molar-refractivity contribution < 1.29 is 4.39 Å². The first-order valence-electron chi connectivity index (χ1n) is 1.73. The molecule has 0 unspecified atom stereocenters. The lowest BCUT2D eigenvalue weighted by atomic mass is 10.7. The Labute approximate surface area is 49.3 Å². The SMILES string of the molecule is BP(B)(=N)C(F)=S. The third-order valence-corrected chi connectivity index (χ3v) is 2.69. The minimum absolute atomic E-state index is 0.646. The number of hydrogen-bond donors (Lipinski definition) is 1. The van der Waals surface area contributed by atoms with E-state index in [9.17, 15) is 4.39 Å². The molecule has 0 fully saturated rings. The maximum Gasteiger partial charge on any atom is 0.183 e. The Kier molecular flexibility index (Phi) is 2.21. The van der Waals surface area contributed by atoms with Crippen molar-refractivity contribution in [2.24, 2.45) is 0 Å². The second-order valence-electron chi connectivity index (χ2n) is 1.71. The minimum atomic E-state index is -2.17. The second kappa shape index (κ2) is 2.10. The van der Waals surface area contributed by atoms with Crippen LogP contribution < -0.4 is 0 Å². The molecule has 0 aliphatic rings. The molecule has 0 saturated heterocycles. The third-order valence-electron chi connectivity index (χ3n) is 0.440. The molecule has 0 aromatic heterocycles. The largest absolute Gasteiger partial charge is 0.330 e. The molecular formula is CH5B2FNPS. The van der Waals surface area contributed by atoms with E-state index in [0.717, 1.165) is 0 Å². The van der Waals surface area contributed by atoms with Crippen molar-refractivity contribution in [3.63, 3.8) is 0 Å². The first-order valence-corrected chi connectivity index (χ1v) is 4.83. The van der Waals surface area contributed by atoms with Crippen LogP contribution in [-0.4, -0.2) is 20.0 Å². The van der Waals surface area contributed by atoms with Crippen LogP contribution in [0.1, 0.15) is 0 Å². The molecule has 7 heavy (non-hydrogen) atoms. The summed E-state index contributed by atoms with van der Waals surface area (Å²) in [6, 6.07) is 0. The highest BCUT2D eigenvalue weighted by atomic mass is 32.1. The van der Waals surface area contributed by atoms with E-state index >= 15 is 0 Å². The molecule has 0 bridgehead atoms. The number of rotatable bonds is 1. The van der Waals surface area contributed by atoms with Gasteiger partial charge < -0.3 is 5.16 Å². The number of hydrogen-bond acceptors (Lipinski definition) is 2. The molecule has 0 atom stereocenters. The smallest absolute Gasteiger partial charge is 0.183 e. The van der Waals surface area contributed by atoms with Crippen molar-refractivity contribution in [1.82, 2.24) is 0 Å². The van der Waals surface area contributed by atoms with E-state index in [1.165, 1.54) is 15.1 Å². The van der Waals surface area contributed by atoms with Gasteiger partial charge in [-0.05, 0) is 19.0 Å². The molecule has 0 spiro atoms. The van der Waals surface area contributed by atoms with Gasteiger partial charge in [0, 0.05) is 0 Å². The van der Waals surface area contributed by atoms with Gasteiger partial charge >= 0.3 is 0 Å². The van der Waals surface area contributed by atoms with Gasteiger partial charge in [0.15, 0.2) is 20.0 Å². The molecule has 1 N–H and O–H groups in total. The average Bonchev–Trinajstić information content (AvgIpc) is 1.31. The molecule has 6 heteroatoms. The summed E-state index contributed by atoms with van der Waals surface area (Å²) in [4.78, 5) is -0.646. The van der Waals surface area contributed by atoms with Crippen LogP contribution in [0.25, 0.3) is 0 Å². The van der Waals surface area contributed by atoms with Gasteiger partial charge in [-0.15, -0.1) is 0 Å². The highest BCUT2D eigenvalue weighted by molar-refractivity contribution is 8.24. The van der Waals surface area contributed by atoms with E-state index in [1.54, 1.807) is 0 Å². The van der Waals surface area contributed by atoms with Crippen molar-refractivity contribution in [3.05, 3.63) is 0 Å². The molecule has 0 aliphatic carbocycles. The summed E-state index contributed by atoms with van der Waals surface area (Å²) in [5.74, 6) is 0. The van der Waals surface area contributed by atoms with Gasteiger partial charge in [0.2, 0.25) is 0 Å². The molecule has 0 aliphatic heterocycles. The lowest BCUT2D eigenvalue weighted by Crippen LogP contribution is -1.84. The second-order valence-corrected chi connectivity index (χ2v) is 5.67. The summed E-state index contributed by atoms with van der Waals surface area (Å²) in [7, 11) is 3.05. The van der Waals surface area contributed by atoms with Crippen LogP contribution in [-0.2, 0) is 0 Å². The zero-order chi connectivity index (χ0) is 6.08. The summed E-state index contributed by atoms with van der Waals surface area (Å²) in [6.07, 6.45) is 0. The molecule has 0 saturated carbocycles. The Morgan fingerprint density at radius 2 is 1.86 bits per heavy atom. The van der Waals surface area contributed by atoms with Gasteiger partial charge in [0.05, 0.1) is 0 Å². The Morgan fingerprint density at radius 3 is 1.86 bits per heavy atom. The molecule has 0 heterocycles. The lowest BCUT2D eigenvalue weighted by Gasteiger charge is -2.00. The van der Waals surface area contributed by atoms with Crippen LogP contribution in [0.3, 0.4) is 0 Å². The quantitative estimate of drug-likeness (QED) is 0.234. The average molecular weight is 135 g/mol. The predicted molar refractivity (Wildman–Crippen MR) is 40.4 cm³/mol. The van der Waals surface area contributed by atoms with Gasteiger partial charge in [0.1, 0.15) is 0 Å². The fourth-order valence-electron chi connectivity index (χ4n) is 0. The van der Waals surface area contributed by atoms with Gasteiger partial charge in [0.25, 0.3) is 0 Å². The molecule has 0 amide bonds. The van der Waals surface area contributed by atoms with Crippen molar-refractivity contribution >= 4 is 39.0 Å². The monoisotopic (exact) mass is 135 g/mol. The number of nitrogens with one attached hydrogen (secondary N) is 1. The van der Waals surface area contributed by atoms with Crippen molar-refractivity contribution in [2.75, 3.05) is 0 Å². The Hall–Kier alpha value is 0.380. The summed E-state index contributed by atoms with van der Waals surface area (Å²) < 4.78 is 11.8. The van der Waals surface area contributed by atoms with Gasteiger partial charge in [-0.3, -0.25) is 0 Å². The van der Waals surface area contributed by atoms with Crippen LogP contribution in [0.4, 0.5) is 4.39 Å². The Bertz CT molecular complexity index is 130. The zero-order valence-corrected chi connectivity index (χ0v) is 5.94. The third kappa shape index (κ3) is 3.01. The maximum absolute atomic E-state index is 11.8. The minimum Gasteiger partial charge on any atom is -0.330 e. The Balaban J connectivity index is 4.09. The first kappa shape index (κ1) is 7.38. The summed E-state index contributed by atoms with van der Waals surface area (Å²) in [5, 5.41) is 6.98. The normalized spacial score (nSPS) is 11.0. The standard InChI is InChI=1S/CH5B2FNPS/c2-6(3,5)1(4)7/h5H,2-3H2. The Morgan fingerprint density at radius 1 is 1.71 bits per heavy atom. The van der Waals surface area contributed by atoms with Crippen LogP contribution >= 0.6 is 19.0 Å². The van der Waals surface area contributed by atoms with Gasteiger partial charge in [-0.25, -0.2) is 0 Å². The molecule has 0 aromatic carbocycles. The highest BCUT2D eigenvalue weighted by Gasteiger charge is 2.06. The molecule has 38 valence electrons. The molecule has 0 aromatic rings. The van der Waals surface area contributed by atoms with E-state index < -0.39 is 11.7 Å².